The molecular formula is C12H20N4S. The van der Waals surface area contributed by atoms with Gasteiger partial charge in [0.1, 0.15) is 5.82 Å². The van der Waals surface area contributed by atoms with E-state index in [0.717, 1.165) is 44.1 Å². The highest BCUT2D eigenvalue weighted by molar-refractivity contribution is 7.99. The molecular weight excluding hydrogens is 232 g/mol. The fourth-order valence-electron chi connectivity index (χ4n) is 1.82. The van der Waals surface area contributed by atoms with Crippen LogP contribution in [0.3, 0.4) is 0 Å². The first-order chi connectivity index (χ1) is 8.40. The summed E-state index contributed by atoms with van der Waals surface area (Å²) in [4.78, 5) is 11.3. The topological polar surface area (TPSA) is 41.1 Å². The molecule has 4 nitrogen and oxygen atoms in total. The molecule has 1 N–H and O–H groups in total. The molecule has 0 saturated carbocycles. The lowest BCUT2D eigenvalue weighted by Crippen LogP contribution is -2.33. The molecule has 1 aromatic rings. The predicted molar refractivity (Wildman–Crippen MR) is 73.6 cm³/mol. The Bertz CT molecular complexity index is 339. The minimum absolute atomic E-state index is 0.817. The minimum atomic E-state index is 0.817. The first kappa shape index (κ1) is 12.6. The molecule has 0 atom stereocenters. The van der Waals surface area contributed by atoms with Crippen molar-refractivity contribution >= 4 is 17.6 Å². The fraction of sp³-hybridized carbons (Fsp3) is 0.667. The van der Waals surface area contributed by atoms with Crippen molar-refractivity contribution in [1.29, 1.82) is 0 Å². The van der Waals surface area contributed by atoms with Crippen LogP contribution in [0.5, 0.6) is 0 Å². The van der Waals surface area contributed by atoms with Gasteiger partial charge >= 0.3 is 0 Å². The van der Waals surface area contributed by atoms with Crippen LogP contribution in [0.2, 0.25) is 0 Å². The molecule has 2 heterocycles. The largest absolute Gasteiger partial charge is 0.354 e. The van der Waals surface area contributed by atoms with Crippen LogP contribution in [-0.4, -0.2) is 41.1 Å². The van der Waals surface area contributed by atoms with Crippen molar-refractivity contribution in [2.45, 2.75) is 19.9 Å². The third kappa shape index (κ3) is 3.85. The minimum Gasteiger partial charge on any atom is -0.354 e. The first-order valence-electron chi connectivity index (χ1n) is 6.24. The summed E-state index contributed by atoms with van der Waals surface area (Å²) in [5, 5.41) is 3.36. The molecule has 17 heavy (non-hydrogen) atoms. The summed E-state index contributed by atoms with van der Waals surface area (Å²) >= 11 is 2.01. The van der Waals surface area contributed by atoms with E-state index in [0.29, 0.717) is 0 Å². The Labute approximate surface area is 107 Å². The summed E-state index contributed by atoms with van der Waals surface area (Å²) in [7, 11) is 0. The van der Waals surface area contributed by atoms with Gasteiger partial charge in [0.05, 0.1) is 11.9 Å². The first-order valence-corrected chi connectivity index (χ1v) is 7.40. The zero-order chi connectivity index (χ0) is 11.9. The number of aromatic nitrogens is 2. The van der Waals surface area contributed by atoms with Crippen LogP contribution in [0.15, 0.2) is 12.4 Å². The van der Waals surface area contributed by atoms with Crippen LogP contribution in [0.1, 0.15) is 19.0 Å². The Morgan fingerprint density at radius 3 is 2.94 bits per heavy atom. The van der Waals surface area contributed by atoms with Crippen molar-refractivity contribution in [3.63, 3.8) is 0 Å². The highest BCUT2D eigenvalue weighted by atomic mass is 32.2. The number of hydrogen-bond acceptors (Lipinski definition) is 5. The van der Waals surface area contributed by atoms with Gasteiger partial charge in [-0.05, 0) is 13.0 Å². The van der Waals surface area contributed by atoms with Crippen molar-refractivity contribution in [3.05, 3.63) is 18.1 Å². The summed E-state index contributed by atoms with van der Waals surface area (Å²) in [5.41, 5.74) is 1.04. The molecule has 0 spiro atoms. The van der Waals surface area contributed by atoms with Crippen molar-refractivity contribution in [1.82, 2.24) is 15.3 Å². The summed E-state index contributed by atoms with van der Waals surface area (Å²) in [6, 6.07) is 0. The molecule has 0 unspecified atom stereocenters. The molecule has 94 valence electrons. The monoisotopic (exact) mass is 252 g/mol. The SMILES string of the molecule is CCCNCc1cncc(N2CCSCC2)n1. The Morgan fingerprint density at radius 1 is 1.35 bits per heavy atom. The maximum atomic E-state index is 4.66. The van der Waals surface area contributed by atoms with Crippen LogP contribution < -0.4 is 10.2 Å². The number of nitrogens with zero attached hydrogens (tertiary/aromatic N) is 3. The van der Waals surface area contributed by atoms with E-state index in [2.05, 4.69) is 27.1 Å². The van der Waals surface area contributed by atoms with E-state index in [9.17, 15) is 0 Å². The Kier molecular flexibility index (Phi) is 5.07. The van der Waals surface area contributed by atoms with E-state index in [1.807, 2.05) is 24.2 Å². The van der Waals surface area contributed by atoms with Gasteiger partial charge in [-0.2, -0.15) is 11.8 Å². The van der Waals surface area contributed by atoms with Gasteiger partial charge in [-0.1, -0.05) is 6.92 Å². The van der Waals surface area contributed by atoms with Crippen molar-refractivity contribution in [3.8, 4) is 0 Å². The lowest BCUT2D eigenvalue weighted by molar-refractivity contribution is 0.660. The second kappa shape index (κ2) is 6.81. The van der Waals surface area contributed by atoms with E-state index in [1.54, 1.807) is 0 Å². The van der Waals surface area contributed by atoms with Gasteiger partial charge in [0, 0.05) is 37.3 Å². The van der Waals surface area contributed by atoms with Gasteiger partial charge in [0.15, 0.2) is 0 Å². The summed E-state index contributed by atoms with van der Waals surface area (Å²) in [6.07, 6.45) is 4.88. The molecule has 1 aliphatic heterocycles. The van der Waals surface area contributed by atoms with Gasteiger partial charge in [0.25, 0.3) is 0 Å². The molecule has 0 radical (unpaired) electrons. The van der Waals surface area contributed by atoms with Crippen LogP contribution in [-0.2, 0) is 6.54 Å². The molecule has 1 saturated heterocycles. The van der Waals surface area contributed by atoms with Gasteiger partial charge in [0.2, 0.25) is 0 Å². The quantitative estimate of drug-likeness (QED) is 0.805. The third-order valence-electron chi connectivity index (χ3n) is 2.74. The maximum absolute atomic E-state index is 4.66. The van der Waals surface area contributed by atoms with E-state index in [4.69, 9.17) is 0 Å². The average molecular weight is 252 g/mol. The number of rotatable bonds is 5. The van der Waals surface area contributed by atoms with Gasteiger partial charge in [-0.3, -0.25) is 4.98 Å². The molecule has 1 fully saturated rings. The van der Waals surface area contributed by atoms with Gasteiger partial charge in [-0.25, -0.2) is 4.98 Å². The Morgan fingerprint density at radius 2 is 2.18 bits per heavy atom. The normalized spacial score (nSPS) is 16.2. The highest BCUT2D eigenvalue weighted by Crippen LogP contribution is 2.16. The second-order valence-electron chi connectivity index (χ2n) is 4.14. The van der Waals surface area contributed by atoms with Gasteiger partial charge in [-0.15, -0.1) is 0 Å². The summed E-state index contributed by atoms with van der Waals surface area (Å²) in [5.74, 6) is 3.42. The van der Waals surface area contributed by atoms with Crippen molar-refractivity contribution < 1.29 is 0 Å². The molecule has 1 aromatic heterocycles. The second-order valence-corrected chi connectivity index (χ2v) is 5.37. The number of thioether (sulfide) groups is 1. The number of nitrogens with one attached hydrogen (secondary N) is 1. The Balaban J connectivity index is 1.95. The lowest BCUT2D eigenvalue weighted by Gasteiger charge is -2.27. The molecule has 0 bridgehead atoms. The average Bonchev–Trinajstić information content (AvgIpc) is 2.41. The number of anilines is 1. The fourth-order valence-corrected chi connectivity index (χ4v) is 2.72. The summed E-state index contributed by atoms with van der Waals surface area (Å²) < 4.78 is 0. The molecule has 0 amide bonds. The lowest BCUT2D eigenvalue weighted by atomic mass is 10.4. The zero-order valence-corrected chi connectivity index (χ0v) is 11.2. The standard InChI is InChI=1S/C12H20N4S/c1-2-3-13-8-11-9-14-10-12(15-11)16-4-6-17-7-5-16/h9-10,13H,2-8H2,1H3. The molecule has 2 rings (SSSR count). The van der Waals surface area contributed by atoms with Crippen LogP contribution in [0, 0.1) is 0 Å². The molecule has 0 aromatic carbocycles. The van der Waals surface area contributed by atoms with E-state index < -0.39 is 0 Å². The van der Waals surface area contributed by atoms with Gasteiger partial charge < -0.3 is 10.2 Å². The highest BCUT2D eigenvalue weighted by Gasteiger charge is 2.12. The predicted octanol–water partition coefficient (Wildman–Crippen LogP) is 1.53. The molecule has 1 aliphatic rings. The maximum Gasteiger partial charge on any atom is 0.147 e. The van der Waals surface area contributed by atoms with E-state index in [-0.39, 0.29) is 0 Å². The van der Waals surface area contributed by atoms with E-state index in [1.165, 1.54) is 11.5 Å². The van der Waals surface area contributed by atoms with Crippen LogP contribution in [0.25, 0.3) is 0 Å². The summed E-state index contributed by atoms with van der Waals surface area (Å²) in [6.45, 7) is 6.19. The van der Waals surface area contributed by atoms with Crippen LogP contribution in [0.4, 0.5) is 5.82 Å². The number of hydrogen-bond donors (Lipinski definition) is 1. The molecule has 0 aliphatic carbocycles. The van der Waals surface area contributed by atoms with E-state index >= 15 is 0 Å². The molecule has 5 heteroatoms. The van der Waals surface area contributed by atoms with Crippen LogP contribution >= 0.6 is 11.8 Å². The van der Waals surface area contributed by atoms with Crippen molar-refractivity contribution in [2.24, 2.45) is 0 Å². The van der Waals surface area contributed by atoms with Crippen molar-refractivity contribution in [2.75, 3.05) is 36.0 Å². The zero-order valence-electron chi connectivity index (χ0n) is 10.4. The smallest absolute Gasteiger partial charge is 0.147 e. The third-order valence-corrected chi connectivity index (χ3v) is 3.68. The Hall–Kier alpha value is -0.810.